The van der Waals surface area contributed by atoms with Gasteiger partial charge in [0.25, 0.3) is 5.79 Å². The van der Waals surface area contributed by atoms with E-state index in [9.17, 15) is 38.7 Å². The molecule has 5 aliphatic carbocycles. The summed E-state index contributed by atoms with van der Waals surface area (Å²) in [5, 5.41) is 25.8. The molecule has 0 bridgehead atoms. The number of carbonyl (C=O) groups excluding carboxylic acids is 7. The lowest BCUT2D eigenvalue weighted by molar-refractivity contribution is -0.314. The molecule has 0 spiro atoms. The Hall–Kier alpha value is -4.95. The molecule has 2 heterocycles. The molecule has 5 fully saturated rings. The van der Waals surface area contributed by atoms with E-state index in [0.29, 0.717) is 17.5 Å². The number of ether oxygens (including phenoxy) is 7. The third-order valence-corrected chi connectivity index (χ3v) is 19.2. The summed E-state index contributed by atoms with van der Waals surface area (Å²) in [5.41, 5.74) is 1.41. The lowest BCUT2D eigenvalue weighted by atomic mass is 9.33. The second-order valence-corrected chi connectivity index (χ2v) is 24.7. The van der Waals surface area contributed by atoms with Crippen LogP contribution in [0.15, 0.2) is 17.8 Å². The van der Waals surface area contributed by atoms with Crippen LogP contribution in [0.1, 0.15) is 159 Å². The van der Waals surface area contributed by atoms with Crippen molar-refractivity contribution in [3.63, 3.8) is 0 Å². The van der Waals surface area contributed by atoms with E-state index in [1.807, 2.05) is 0 Å². The van der Waals surface area contributed by atoms with Crippen molar-refractivity contribution in [2.45, 2.75) is 209 Å². The number of nitrogens with zero attached hydrogens (tertiary/aromatic N) is 3. The zero-order valence-corrected chi connectivity index (χ0v) is 46.5. The summed E-state index contributed by atoms with van der Waals surface area (Å²) in [4.78, 5) is 91.0. The number of allylic oxidation sites excluding steroid dienone is 2. The summed E-state index contributed by atoms with van der Waals surface area (Å²) in [7, 11) is 1.08. The SMILES string of the molecule is COC(=O)[C@@]1(OCCn2cc(CNC(=O)[C@]34CCC(C)(C)C[C@@H]3C3=CC[C@@H]5[C@@]6(C)CC[C@H](O)C(C)(C)[C@@H]6CC[C@@]5(C)[C@]3(C)CC4)nn2)C[C@H](OC(C)=O)[C@@H](NC(C)=O)[C@H]([C@H](OC(C)=O)[C@@H](COC(C)=O)OC(C)=O)O1. The molecule has 1 aromatic heterocycles. The van der Waals surface area contributed by atoms with Gasteiger partial charge in [0.2, 0.25) is 11.8 Å². The van der Waals surface area contributed by atoms with Crippen molar-refractivity contribution in [3.05, 3.63) is 23.5 Å². The number of hydrogen-bond donors (Lipinski definition) is 3. The van der Waals surface area contributed by atoms with Crippen LogP contribution in [-0.4, -0.2) is 124 Å². The minimum absolute atomic E-state index is 0.0115. The topological polar surface area (TPSA) is 259 Å². The zero-order valence-electron chi connectivity index (χ0n) is 46.5. The van der Waals surface area contributed by atoms with Gasteiger partial charge in [0, 0.05) is 34.6 Å². The van der Waals surface area contributed by atoms with Gasteiger partial charge in [-0.25, -0.2) is 9.48 Å². The van der Waals surface area contributed by atoms with Gasteiger partial charge in [0.15, 0.2) is 12.2 Å². The number of carbonyl (C=O) groups is 7. The van der Waals surface area contributed by atoms with E-state index in [-0.39, 0.29) is 64.7 Å². The van der Waals surface area contributed by atoms with Crippen LogP contribution in [0.4, 0.5) is 0 Å². The largest absolute Gasteiger partial charge is 0.465 e. The molecule has 1 aliphatic heterocycles. The van der Waals surface area contributed by atoms with Crippen LogP contribution in [0.3, 0.4) is 0 Å². The highest BCUT2D eigenvalue weighted by Gasteiger charge is 2.69. The number of amides is 2. The van der Waals surface area contributed by atoms with Crippen LogP contribution >= 0.6 is 0 Å². The summed E-state index contributed by atoms with van der Waals surface area (Å²) >= 11 is 0. The Morgan fingerprint density at radius 3 is 2.17 bits per heavy atom. The molecule has 0 radical (unpaired) electrons. The number of aliphatic hydroxyl groups excluding tert-OH is 1. The fraction of sp³-hybridized carbons (Fsp3) is 0.800. The van der Waals surface area contributed by atoms with E-state index in [2.05, 4.69) is 75.5 Å². The van der Waals surface area contributed by atoms with Crippen molar-refractivity contribution >= 4 is 41.7 Å². The Morgan fingerprint density at radius 2 is 1.53 bits per heavy atom. The van der Waals surface area contributed by atoms with E-state index in [1.54, 1.807) is 6.20 Å². The van der Waals surface area contributed by atoms with Gasteiger partial charge < -0.3 is 48.9 Å². The lowest BCUT2D eigenvalue weighted by Crippen LogP contribution is -2.69. The van der Waals surface area contributed by atoms with Crippen molar-refractivity contribution in [1.29, 1.82) is 0 Å². The van der Waals surface area contributed by atoms with E-state index in [4.69, 9.17) is 33.2 Å². The minimum Gasteiger partial charge on any atom is -0.465 e. The average Bonchev–Trinajstić information content (AvgIpc) is 3.77. The molecule has 2 amide bonds. The standard InChI is InChI=1S/C55H83N5O15/c1-31(61)57-44-39(72-33(3)63)27-55(48(68)69-13,75-46(44)45(74-35(5)65)40(73-34(4)64)30-70-32(2)62)71-25-24-60-29-36(58-59-60)28-56-47(67)54-22-20-49(6,7)26-38(54)37-14-15-42-51(10)18-17-43(66)50(8,9)41(51)16-19-53(42,12)52(37,11)21-23-54/h14,29,38-46,66H,15-28,30H2,1-13H3,(H,56,67)(H,57,61)/t38-,39+,40-,41+,42-,43+,44-,45-,46-,51+,52-,53-,54+,55-/m1/s1. The maximum Gasteiger partial charge on any atom is 0.366 e. The Kier molecular flexibility index (Phi) is 16.5. The minimum atomic E-state index is -2.40. The summed E-state index contributed by atoms with van der Waals surface area (Å²) in [6.45, 7) is 21.5. The maximum atomic E-state index is 14.9. The molecular formula is C55H83N5O15. The van der Waals surface area contributed by atoms with E-state index in [0.717, 1.165) is 99.0 Å². The molecule has 418 valence electrons. The van der Waals surface area contributed by atoms with Gasteiger partial charge >= 0.3 is 29.8 Å². The van der Waals surface area contributed by atoms with E-state index >= 15 is 0 Å². The van der Waals surface area contributed by atoms with Gasteiger partial charge in [-0.15, -0.1) is 5.10 Å². The maximum absolute atomic E-state index is 14.9. The van der Waals surface area contributed by atoms with Crippen LogP contribution in [0, 0.1) is 50.2 Å². The zero-order chi connectivity index (χ0) is 55.3. The second kappa shape index (κ2) is 21.5. The van der Waals surface area contributed by atoms with E-state index < -0.39 is 90.4 Å². The van der Waals surface area contributed by atoms with Gasteiger partial charge in [-0.1, -0.05) is 65.3 Å². The molecule has 20 nitrogen and oxygen atoms in total. The van der Waals surface area contributed by atoms with E-state index in [1.165, 1.54) is 17.2 Å². The monoisotopic (exact) mass is 1050 g/mol. The summed E-state index contributed by atoms with van der Waals surface area (Å²) in [5.74, 6) is -6.40. The molecule has 20 heteroatoms. The molecule has 14 atom stereocenters. The fourth-order valence-electron chi connectivity index (χ4n) is 15.4. The average molecular weight is 1050 g/mol. The molecular weight excluding hydrogens is 971 g/mol. The van der Waals surface area contributed by atoms with Gasteiger partial charge in [0.05, 0.1) is 57.0 Å². The third kappa shape index (κ3) is 11.0. The molecule has 4 saturated carbocycles. The van der Waals surface area contributed by atoms with Crippen molar-refractivity contribution in [3.8, 4) is 0 Å². The first kappa shape index (κ1) is 57.7. The number of aliphatic hydroxyl groups is 1. The first-order valence-electron chi connectivity index (χ1n) is 26.9. The number of esters is 5. The third-order valence-electron chi connectivity index (χ3n) is 19.2. The van der Waals surface area contributed by atoms with Crippen LogP contribution < -0.4 is 10.6 Å². The van der Waals surface area contributed by atoms with Crippen molar-refractivity contribution in [1.82, 2.24) is 25.6 Å². The summed E-state index contributed by atoms with van der Waals surface area (Å²) in [6.07, 6.45) is 6.53. The molecule has 0 unspecified atom stereocenters. The van der Waals surface area contributed by atoms with Crippen LogP contribution in [-0.2, 0) is 79.8 Å². The molecule has 7 rings (SSSR count). The molecule has 6 aliphatic rings. The van der Waals surface area contributed by atoms with Gasteiger partial charge in [-0.3, -0.25) is 28.8 Å². The van der Waals surface area contributed by atoms with Crippen LogP contribution in [0.25, 0.3) is 0 Å². The Bertz CT molecular complexity index is 2400. The Morgan fingerprint density at radius 1 is 0.840 bits per heavy atom. The number of methoxy groups -OCH3 is 1. The first-order valence-corrected chi connectivity index (χ1v) is 26.9. The van der Waals surface area contributed by atoms with Gasteiger partial charge in [-0.05, 0) is 109 Å². The molecule has 0 aromatic carbocycles. The summed E-state index contributed by atoms with van der Waals surface area (Å²) < 4.78 is 41.2. The number of hydrogen-bond acceptors (Lipinski definition) is 17. The number of fused-ring (bicyclic) bond motifs is 7. The van der Waals surface area contributed by atoms with Crippen molar-refractivity contribution in [2.24, 2.45) is 50.2 Å². The molecule has 1 saturated heterocycles. The second-order valence-electron chi connectivity index (χ2n) is 24.7. The quantitative estimate of drug-likeness (QED) is 0.103. The Balaban J connectivity index is 1.09. The molecule has 3 N–H and O–H groups in total. The first-order chi connectivity index (χ1) is 35.0. The number of nitrogens with one attached hydrogen (secondary N) is 2. The van der Waals surface area contributed by atoms with Crippen molar-refractivity contribution in [2.75, 3.05) is 20.3 Å². The van der Waals surface area contributed by atoms with Crippen LogP contribution in [0.2, 0.25) is 0 Å². The highest BCUT2D eigenvalue weighted by molar-refractivity contribution is 5.84. The normalized spacial score (nSPS) is 36.2. The van der Waals surface area contributed by atoms with Crippen LogP contribution in [0.5, 0.6) is 0 Å². The lowest BCUT2D eigenvalue weighted by Gasteiger charge is -2.71. The fourth-order valence-corrected chi connectivity index (χ4v) is 15.4. The predicted octanol–water partition coefficient (Wildman–Crippen LogP) is 5.59. The molecule has 75 heavy (non-hydrogen) atoms. The molecule has 1 aromatic rings. The number of aromatic nitrogens is 3. The Labute approximate surface area is 441 Å². The highest BCUT2D eigenvalue weighted by atomic mass is 16.7. The number of rotatable bonds is 16. The van der Waals surface area contributed by atoms with Crippen molar-refractivity contribution < 1.29 is 71.8 Å². The van der Waals surface area contributed by atoms with Gasteiger partial charge in [-0.2, -0.15) is 0 Å². The van der Waals surface area contributed by atoms with Gasteiger partial charge in [0.1, 0.15) is 24.5 Å². The highest BCUT2D eigenvalue weighted by Crippen LogP contribution is 2.75. The predicted molar refractivity (Wildman–Crippen MR) is 268 cm³/mol. The smallest absolute Gasteiger partial charge is 0.366 e. The summed E-state index contributed by atoms with van der Waals surface area (Å²) in [6, 6.07) is -1.35.